The topological polar surface area (TPSA) is 55.8 Å². The lowest BCUT2D eigenvalue weighted by atomic mass is 9.83. The maximum atomic E-state index is 12.6. The third-order valence-corrected chi connectivity index (χ3v) is 5.26. The molecule has 0 aromatic heterocycles. The van der Waals surface area contributed by atoms with Crippen LogP contribution < -0.4 is 0 Å². The summed E-state index contributed by atoms with van der Waals surface area (Å²) in [5.74, 6) is -0.884. The number of rotatable bonds is 6. The van der Waals surface area contributed by atoms with Crippen LogP contribution in [0.5, 0.6) is 0 Å². The minimum atomic E-state index is -1.18. The molecule has 0 amide bonds. The molecule has 1 aromatic carbocycles. The second-order valence-electron chi connectivity index (χ2n) is 7.03. The highest BCUT2D eigenvalue weighted by molar-refractivity contribution is 6.01. The molecule has 26 heavy (non-hydrogen) atoms. The van der Waals surface area contributed by atoms with Crippen molar-refractivity contribution in [2.24, 2.45) is 5.41 Å². The highest BCUT2D eigenvalue weighted by Gasteiger charge is 2.54. The van der Waals surface area contributed by atoms with Gasteiger partial charge in [-0.3, -0.25) is 14.5 Å². The maximum Gasteiger partial charge on any atom is 0.324 e. The number of hydrogen-bond donors (Lipinski definition) is 0. The van der Waals surface area contributed by atoms with E-state index in [1.165, 1.54) is 16.7 Å². The minimum Gasteiger partial charge on any atom is -0.465 e. The number of carbonyl (C=O) groups excluding carboxylic acids is 2. The van der Waals surface area contributed by atoms with Gasteiger partial charge in [-0.05, 0) is 38.7 Å². The Morgan fingerprint density at radius 1 is 1.00 bits per heavy atom. The molecular weight excluding hydrogens is 330 g/mol. The Morgan fingerprint density at radius 3 is 2.23 bits per heavy atom. The first-order valence-corrected chi connectivity index (χ1v) is 9.39. The first-order chi connectivity index (χ1) is 12.6. The third kappa shape index (κ3) is 3.68. The van der Waals surface area contributed by atoms with Crippen LogP contribution in [0.3, 0.4) is 0 Å². The van der Waals surface area contributed by atoms with Crippen molar-refractivity contribution in [1.82, 2.24) is 4.90 Å². The normalized spacial score (nSPS) is 19.2. The van der Waals surface area contributed by atoms with Crippen molar-refractivity contribution in [2.75, 3.05) is 26.3 Å². The number of esters is 2. The molecule has 2 aliphatic rings. The molecule has 1 aliphatic heterocycles. The van der Waals surface area contributed by atoms with Crippen molar-refractivity contribution < 1.29 is 19.1 Å². The van der Waals surface area contributed by atoms with Gasteiger partial charge >= 0.3 is 11.9 Å². The predicted molar refractivity (Wildman–Crippen MR) is 98.3 cm³/mol. The van der Waals surface area contributed by atoms with E-state index in [1.807, 2.05) is 18.2 Å². The van der Waals surface area contributed by atoms with Gasteiger partial charge in [0.2, 0.25) is 0 Å². The molecule has 1 aliphatic carbocycles. The minimum absolute atomic E-state index is 0.269. The molecule has 0 bridgehead atoms. The van der Waals surface area contributed by atoms with Crippen molar-refractivity contribution in [1.29, 1.82) is 0 Å². The standard InChI is InChI=1S/C21H27NO4/c1-3-25-19(23)21(20(24)26-4-2)12-17-10-11-22(15-18(17)13-21)14-16-8-6-5-7-9-16/h5-9H,3-4,10-15H2,1-2H3. The summed E-state index contributed by atoms with van der Waals surface area (Å²) in [6.45, 7) is 6.68. The van der Waals surface area contributed by atoms with Crippen molar-refractivity contribution in [3.8, 4) is 0 Å². The smallest absolute Gasteiger partial charge is 0.324 e. The SMILES string of the molecule is CCOC(=O)C1(C(=O)OCC)CC2=C(CN(Cc3ccccc3)CC2)C1. The Balaban J connectivity index is 1.73. The van der Waals surface area contributed by atoms with Crippen LogP contribution in [0.1, 0.15) is 38.7 Å². The molecule has 5 nitrogen and oxygen atoms in total. The fourth-order valence-electron chi connectivity index (χ4n) is 4.00. The Kier molecular flexibility index (Phi) is 5.77. The summed E-state index contributed by atoms with van der Waals surface area (Å²) in [5.41, 5.74) is 2.53. The van der Waals surface area contributed by atoms with E-state index in [2.05, 4.69) is 17.0 Å². The largest absolute Gasteiger partial charge is 0.465 e. The van der Waals surface area contributed by atoms with Gasteiger partial charge in [0.15, 0.2) is 5.41 Å². The summed E-state index contributed by atoms with van der Waals surface area (Å²) in [6.07, 6.45) is 1.76. The van der Waals surface area contributed by atoms with E-state index in [0.29, 0.717) is 12.8 Å². The molecular formula is C21H27NO4. The van der Waals surface area contributed by atoms with E-state index in [1.54, 1.807) is 13.8 Å². The van der Waals surface area contributed by atoms with E-state index >= 15 is 0 Å². The molecule has 0 N–H and O–H groups in total. The summed E-state index contributed by atoms with van der Waals surface area (Å²) in [6, 6.07) is 10.4. The second kappa shape index (κ2) is 8.04. The summed E-state index contributed by atoms with van der Waals surface area (Å²) in [7, 11) is 0. The molecule has 0 unspecified atom stereocenters. The molecule has 0 fully saturated rings. The second-order valence-corrected chi connectivity index (χ2v) is 7.03. The monoisotopic (exact) mass is 357 g/mol. The van der Waals surface area contributed by atoms with Gasteiger partial charge in [-0.25, -0.2) is 0 Å². The van der Waals surface area contributed by atoms with Gasteiger partial charge in [0.05, 0.1) is 13.2 Å². The zero-order chi connectivity index (χ0) is 18.6. The van der Waals surface area contributed by atoms with Crippen LogP contribution in [0.2, 0.25) is 0 Å². The average Bonchev–Trinajstić information content (AvgIpc) is 3.03. The third-order valence-electron chi connectivity index (χ3n) is 5.26. The number of carbonyl (C=O) groups is 2. The number of ether oxygens (including phenoxy) is 2. The Bertz CT molecular complexity index is 677. The summed E-state index contributed by atoms with van der Waals surface area (Å²) in [4.78, 5) is 27.6. The summed E-state index contributed by atoms with van der Waals surface area (Å²) in [5, 5.41) is 0. The molecule has 0 atom stereocenters. The molecule has 0 radical (unpaired) electrons. The molecule has 0 saturated heterocycles. The molecule has 140 valence electrons. The highest BCUT2D eigenvalue weighted by Crippen LogP contribution is 2.47. The van der Waals surface area contributed by atoms with Gasteiger partial charge in [-0.2, -0.15) is 0 Å². The van der Waals surface area contributed by atoms with Crippen molar-refractivity contribution in [2.45, 2.75) is 39.7 Å². The molecule has 1 heterocycles. The number of nitrogens with zero attached hydrogens (tertiary/aromatic N) is 1. The van der Waals surface area contributed by atoms with Gasteiger partial charge < -0.3 is 9.47 Å². The van der Waals surface area contributed by atoms with Crippen LogP contribution in [-0.4, -0.2) is 43.1 Å². The van der Waals surface area contributed by atoms with Gasteiger partial charge in [-0.1, -0.05) is 41.5 Å². The zero-order valence-electron chi connectivity index (χ0n) is 15.6. The lowest BCUT2D eigenvalue weighted by molar-refractivity contribution is -0.171. The van der Waals surface area contributed by atoms with Crippen molar-refractivity contribution in [3.63, 3.8) is 0 Å². The van der Waals surface area contributed by atoms with Crippen molar-refractivity contribution >= 4 is 11.9 Å². The summed E-state index contributed by atoms with van der Waals surface area (Å²) >= 11 is 0. The van der Waals surface area contributed by atoms with E-state index in [0.717, 1.165) is 26.1 Å². The lowest BCUT2D eigenvalue weighted by Gasteiger charge is -2.28. The average molecular weight is 357 g/mol. The van der Waals surface area contributed by atoms with Gasteiger partial charge in [0.25, 0.3) is 0 Å². The number of benzene rings is 1. The van der Waals surface area contributed by atoms with E-state index in [4.69, 9.17) is 9.47 Å². The Hall–Kier alpha value is -2.14. The molecule has 1 aromatic rings. The van der Waals surface area contributed by atoms with Gasteiger partial charge in [0.1, 0.15) is 0 Å². The van der Waals surface area contributed by atoms with Crippen LogP contribution in [-0.2, 0) is 25.6 Å². The molecule has 0 spiro atoms. The Morgan fingerprint density at radius 2 is 1.62 bits per heavy atom. The fraction of sp³-hybridized carbons (Fsp3) is 0.524. The van der Waals surface area contributed by atoms with E-state index in [-0.39, 0.29) is 13.2 Å². The lowest BCUT2D eigenvalue weighted by Crippen LogP contribution is -2.40. The molecule has 5 heteroatoms. The van der Waals surface area contributed by atoms with Crippen LogP contribution >= 0.6 is 0 Å². The van der Waals surface area contributed by atoms with Gasteiger partial charge in [-0.15, -0.1) is 0 Å². The first-order valence-electron chi connectivity index (χ1n) is 9.39. The fourth-order valence-corrected chi connectivity index (χ4v) is 4.00. The molecule has 0 saturated carbocycles. The predicted octanol–water partition coefficient (Wildman–Crippen LogP) is 3.10. The quantitative estimate of drug-likeness (QED) is 0.445. The highest BCUT2D eigenvalue weighted by atomic mass is 16.6. The van der Waals surface area contributed by atoms with Crippen LogP contribution in [0.25, 0.3) is 0 Å². The van der Waals surface area contributed by atoms with Crippen LogP contribution in [0, 0.1) is 5.41 Å². The molecule has 3 rings (SSSR count). The van der Waals surface area contributed by atoms with Crippen LogP contribution in [0.4, 0.5) is 0 Å². The summed E-state index contributed by atoms with van der Waals surface area (Å²) < 4.78 is 10.5. The Labute approximate surface area is 155 Å². The van der Waals surface area contributed by atoms with Crippen LogP contribution in [0.15, 0.2) is 41.5 Å². The first kappa shape index (κ1) is 18.6. The van der Waals surface area contributed by atoms with Crippen molar-refractivity contribution in [3.05, 3.63) is 47.0 Å². The van der Waals surface area contributed by atoms with Gasteiger partial charge in [0, 0.05) is 19.6 Å². The maximum absolute atomic E-state index is 12.6. The zero-order valence-corrected chi connectivity index (χ0v) is 15.6. The van der Waals surface area contributed by atoms with E-state index in [9.17, 15) is 9.59 Å². The number of hydrogen-bond acceptors (Lipinski definition) is 5. The van der Waals surface area contributed by atoms with E-state index < -0.39 is 17.4 Å².